The van der Waals surface area contributed by atoms with Gasteiger partial charge in [-0.05, 0) is 47.8 Å². The van der Waals surface area contributed by atoms with Gasteiger partial charge in [-0.1, -0.05) is 0 Å². The second kappa shape index (κ2) is 6.69. The molecule has 1 aromatic carbocycles. The lowest BCUT2D eigenvalue weighted by molar-refractivity contribution is -0.163. The van der Waals surface area contributed by atoms with Gasteiger partial charge in [-0.3, -0.25) is 4.79 Å². The molecule has 0 aliphatic rings. The highest BCUT2D eigenvalue weighted by atomic mass is 80.0. The summed E-state index contributed by atoms with van der Waals surface area (Å²) >= 11 is 7.63. The summed E-state index contributed by atoms with van der Waals surface area (Å²) in [6.07, 6.45) is -3.89. The van der Waals surface area contributed by atoms with Crippen LogP contribution in [0.3, 0.4) is 0 Å². The minimum Gasteiger partial charge on any atom is -0.478 e. The highest BCUT2D eigenvalue weighted by Gasteiger charge is 2.52. The van der Waals surface area contributed by atoms with Gasteiger partial charge < -0.3 is 15.2 Å². The zero-order valence-electron chi connectivity index (χ0n) is 9.81. The first kappa shape index (κ1) is 18.5. The molecule has 4 nitrogen and oxygen atoms in total. The Morgan fingerprint density at radius 1 is 1.19 bits per heavy atom. The van der Waals surface area contributed by atoms with Gasteiger partial charge in [-0.2, -0.15) is 8.78 Å². The van der Waals surface area contributed by atoms with E-state index in [1.54, 1.807) is 0 Å². The summed E-state index contributed by atoms with van der Waals surface area (Å²) < 4.78 is 60.7. The van der Waals surface area contributed by atoms with Gasteiger partial charge >= 0.3 is 6.11 Å². The van der Waals surface area contributed by atoms with Gasteiger partial charge in [0.05, 0.1) is 0 Å². The molecule has 0 bridgehead atoms. The lowest BCUT2D eigenvalue weighted by atomic mass is 10.3. The number of halogens is 7. The molecular formula is C10H6Br3F4NO3. The molecule has 11 heteroatoms. The first-order valence-corrected chi connectivity index (χ1v) is 7.35. The van der Waals surface area contributed by atoms with E-state index in [9.17, 15) is 22.4 Å². The zero-order valence-corrected chi connectivity index (χ0v) is 14.6. The van der Waals surface area contributed by atoms with Gasteiger partial charge in [0.15, 0.2) is 24.0 Å². The zero-order chi connectivity index (χ0) is 16.4. The monoisotopic (exact) mass is 501 g/mol. The third kappa shape index (κ3) is 4.99. The van der Waals surface area contributed by atoms with Crippen LogP contribution in [0.25, 0.3) is 0 Å². The van der Waals surface area contributed by atoms with Crippen LogP contribution >= 0.6 is 47.8 Å². The van der Waals surface area contributed by atoms with E-state index in [1.165, 1.54) is 0 Å². The highest BCUT2D eigenvalue weighted by Crippen LogP contribution is 2.48. The molecule has 0 spiro atoms. The third-order valence-electron chi connectivity index (χ3n) is 1.91. The topological polar surface area (TPSA) is 61.6 Å². The molecule has 0 aliphatic heterocycles. The van der Waals surface area contributed by atoms with Crippen LogP contribution in [0.2, 0.25) is 0 Å². The summed E-state index contributed by atoms with van der Waals surface area (Å²) in [5.41, 5.74) is 4.75. The quantitative estimate of drug-likeness (QED) is 0.493. The van der Waals surface area contributed by atoms with Crippen LogP contribution in [0.5, 0.6) is 11.5 Å². The number of carbonyl (C=O) groups is 1. The standard InChI is InChI=1S/C10H6Br3F4NO3/c11-9(12,13)10(16,17)21-4-1-5(14)8(6(15)2-4)20-3-7(18)19/h1-2H,3H2,(H2,18,19). The maximum Gasteiger partial charge on any atom is 0.433 e. The summed E-state index contributed by atoms with van der Waals surface area (Å²) in [5, 5.41) is 0. The SMILES string of the molecule is NC(=O)COc1c(F)cc(OC(F)(F)C(Br)(Br)Br)cc1F. The molecule has 118 valence electrons. The number of carbonyl (C=O) groups excluding carboxylic acids is 1. The van der Waals surface area contributed by atoms with Crippen LogP contribution in [0.4, 0.5) is 17.6 Å². The van der Waals surface area contributed by atoms with Crippen molar-refractivity contribution in [3.63, 3.8) is 0 Å². The Bertz CT molecular complexity index is 528. The molecule has 0 heterocycles. The average Bonchev–Trinajstić information content (AvgIpc) is 2.24. The Morgan fingerprint density at radius 2 is 1.67 bits per heavy atom. The van der Waals surface area contributed by atoms with Crippen molar-refractivity contribution in [1.29, 1.82) is 0 Å². The fraction of sp³-hybridized carbons (Fsp3) is 0.300. The van der Waals surface area contributed by atoms with E-state index in [0.29, 0.717) is 12.1 Å². The number of amides is 1. The van der Waals surface area contributed by atoms with Crippen molar-refractivity contribution in [1.82, 2.24) is 0 Å². The number of primary amides is 1. The number of rotatable bonds is 5. The second-order valence-electron chi connectivity index (χ2n) is 3.59. The average molecular weight is 504 g/mol. The van der Waals surface area contributed by atoms with Crippen LogP contribution in [-0.2, 0) is 4.79 Å². The van der Waals surface area contributed by atoms with Crippen molar-refractivity contribution >= 4 is 53.7 Å². The molecule has 0 aliphatic carbocycles. The number of hydrogen-bond donors (Lipinski definition) is 1. The van der Waals surface area contributed by atoms with E-state index in [2.05, 4.69) is 57.3 Å². The molecule has 0 radical (unpaired) electrons. The first-order valence-electron chi connectivity index (χ1n) is 4.97. The minimum absolute atomic E-state index is 0.478. The van der Waals surface area contributed by atoms with E-state index in [4.69, 9.17) is 5.73 Å². The van der Waals surface area contributed by atoms with Gasteiger partial charge in [0.2, 0.25) is 2.14 Å². The Kier molecular flexibility index (Phi) is 5.90. The summed E-state index contributed by atoms with van der Waals surface area (Å²) in [4.78, 5) is 10.5. The molecule has 0 unspecified atom stereocenters. The molecule has 0 fully saturated rings. The molecule has 0 atom stereocenters. The number of nitrogens with two attached hydrogens (primary N) is 1. The van der Waals surface area contributed by atoms with E-state index in [1.807, 2.05) is 0 Å². The Morgan fingerprint density at radius 3 is 2.05 bits per heavy atom. The number of ether oxygens (including phenoxy) is 2. The van der Waals surface area contributed by atoms with Gasteiger partial charge in [-0.15, -0.1) is 0 Å². The van der Waals surface area contributed by atoms with E-state index >= 15 is 0 Å². The summed E-state index contributed by atoms with van der Waals surface area (Å²) in [7, 11) is 0. The summed E-state index contributed by atoms with van der Waals surface area (Å²) in [6.45, 7) is -0.766. The molecule has 2 N–H and O–H groups in total. The fourth-order valence-corrected chi connectivity index (χ4v) is 1.33. The highest BCUT2D eigenvalue weighted by molar-refractivity contribution is 9.39. The number of benzene rings is 1. The van der Waals surface area contributed by atoms with Crippen molar-refractivity contribution in [2.45, 2.75) is 8.25 Å². The Hall–Kier alpha value is -0.550. The van der Waals surface area contributed by atoms with Gasteiger partial charge in [-0.25, -0.2) is 8.78 Å². The van der Waals surface area contributed by atoms with E-state index < -0.39 is 43.9 Å². The molecule has 0 aromatic heterocycles. The van der Waals surface area contributed by atoms with Crippen LogP contribution < -0.4 is 15.2 Å². The van der Waals surface area contributed by atoms with E-state index in [0.717, 1.165) is 0 Å². The van der Waals surface area contributed by atoms with Crippen LogP contribution in [0, 0.1) is 11.6 Å². The molecule has 1 aromatic rings. The van der Waals surface area contributed by atoms with Crippen molar-refractivity contribution in [2.24, 2.45) is 5.73 Å². The van der Waals surface area contributed by atoms with Crippen LogP contribution in [0.15, 0.2) is 12.1 Å². The van der Waals surface area contributed by atoms with E-state index in [-0.39, 0.29) is 0 Å². The second-order valence-corrected chi connectivity index (χ2v) is 10.3. The summed E-state index contributed by atoms with van der Waals surface area (Å²) in [5.74, 6) is -5.32. The molecule has 1 rings (SSSR count). The largest absolute Gasteiger partial charge is 0.478 e. The minimum atomic E-state index is -3.89. The van der Waals surface area contributed by atoms with Crippen molar-refractivity contribution in [3.8, 4) is 11.5 Å². The molecule has 21 heavy (non-hydrogen) atoms. The smallest absolute Gasteiger partial charge is 0.433 e. The number of hydrogen-bond acceptors (Lipinski definition) is 3. The Balaban J connectivity index is 3.01. The molecule has 1 amide bonds. The van der Waals surface area contributed by atoms with Gasteiger partial charge in [0.1, 0.15) is 5.75 Å². The lowest BCUT2D eigenvalue weighted by Crippen LogP contribution is -2.38. The van der Waals surface area contributed by atoms with Crippen molar-refractivity contribution < 1.29 is 31.8 Å². The summed E-state index contributed by atoms with van der Waals surface area (Å²) in [6, 6.07) is 0.956. The van der Waals surface area contributed by atoms with Gasteiger partial charge in [0, 0.05) is 12.1 Å². The Labute approximate surface area is 141 Å². The maximum absolute atomic E-state index is 13.6. The predicted molar refractivity (Wildman–Crippen MR) is 76.1 cm³/mol. The van der Waals surface area contributed by atoms with Crippen molar-refractivity contribution in [2.75, 3.05) is 6.61 Å². The molecule has 0 saturated heterocycles. The maximum atomic E-state index is 13.6. The normalized spacial score (nSPS) is 12.1. The molecular weight excluding hydrogens is 498 g/mol. The fourth-order valence-electron chi connectivity index (χ4n) is 1.08. The van der Waals surface area contributed by atoms with Crippen LogP contribution in [0.1, 0.15) is 0 Å². The lowest BCUT2D eigenvalue weighted by Gasteiger charge is -2.25. The van der Waals surface area contributed by atoms with Crippen LogP contribution in [-0.4, -0.2) is 20.8 Å². The van der Waals surface area contributed by atoms with Gasteiger partial charge in [0.25, 0.3) is 5.91 Å². The number of alkyl halides is 5. The third-order valence-corrected chi connectivity index (χ3v) is 3.29. The first-order chi connectivity index (χ1) is 9.44. The van der Waals surface area contributed by atoms with Crippen molar-refractivity contribution in [3.05, 3.63) is 23.8 Å². The molecule has 0 saturated carbocycles. The predicted octanol–water partition coefficient (Wildman–Crippen LogP) is 3.64.